The normalized spacial score (nSPS) is 11.4. The summed E-state index contributed by atoms with van der Waals surface area (Å²) in [7, 11) is -3.41. The number of hydrogen-bond donors (Lipinski definition) is 1. The summed E-state index contributed by atoms with van der Waals surface area (Å²) in [6.45, 7) is 1.85. The van der Waals surface area contributed by atoms with Crippen molar-refractivity contribution in [3.63, 3.8) is 0 Å². The summed E-state index contributed by atoms with van der Waals surface area (Å²) in [6, 6.07) is 9.86. The lowest BCUT2D eigenvalue weighted by Gasteiger charge is -2.05. The minimum Gasteiger partial charge on any atom is -0.475 e. The van der Waals surface area contributed by atoms with Crippen LogP contribution in [0.1, 0.15) is 27.4 Å². The van der Waals surface area contributed by atoms with Gasteiger partial charge in [0.05, 0.1) is 5.75 Å². The predicted molar refractivity (Wildman–Crippen MR) is 73.2 cm³/mol. The molecular weight excluding hydrogens is 280 g/mol. The van der Waals surface area contributed by atoms with E-state index in [1.807, 2.05) is 19.1 Å². The summed E-state index contributed by atoms with van der Waals surface area (Å²) in [6.07, 6.45) is 0. The van der Waals surface area contributed by atoms with Crippen LogP contribution in [0.2, 0.25) is 0 Å². The maximum atomic E-state index is 12.1. The SMILES string of the molecule is Cc1ccccc1CS(=O)(=O)Cc1ccc(C(=O)O)o1. The summed E-state index contributed by atoms with van der Waals surface area (Å²) in [5, 5.41) is 8.72. The molecule has 6 heteroatoms. The van der Waals surface area contributed by atoms with Gasteiger partial charge < -0.3 is 9.52 Å². The van der Waals surface area contributed by atoms with E-state index in [1.54, 1.807) is 12.1 Å². The number of sulfone groups is 1. The summed E-state index contributed by atoms with van der Waals surface area (Å²) < 4.78 is 29.2. The minimum atomic E-state index is -3.41. The number of aromatic carboxylic acids is 1. The first-order valence-corrected chi connectivity index (χ1v) is 7.76. The van der Waals surface area contributed by atoms with E-state index in [9.17, 15) is 13.2 Å². The summed E-state index contributed by atoms with van der Waals surface area (Å²) in [5.74, 6) is -1.74. The molecule has 1 heterocycles. The van der Waals surface area contributed by atoms with Crippen molar-refractivity contribution in [2.24, 2.45) is 0 Å². The Balaban J connectivity index is 2.15. The van der Waals surface area contributed by atoms with Gasteiger partial charge in [0.25, 0.3) is 0 Å². The molecule has 0 amide bonds. The molecule has 0 aliphatic heterocycles. The molecule has 1 aromatic carbocycles. The zero-order chi connectivity index (χ0) is 14.8. The van der Waals surface area contributed by atoms with Gasteiger partial charge in [-0.2, -0.15) is 0 Å². The molecule has 0 unspecified atom stereocenters. The van der Waals surface area contributed by atoms with Gasteiger partial charge in [0.2, 0.25) is 5.76 Å². The molecule has 0 radical (unpaired) electrons. The number of carbonyl (C=O) groups is 1. The van der Waals surface area contributed by atoms with E-state index in [0.717, 1.165) is 11.1 Å². The fourth-order valence-corrected chi connectivity index (χ4v) is 3.34. The van der Waals surface area contributed by atoms with Gasteiger partial charge in [-0.3, -0.25) is 0 Å². The average Bonchev–Trinajstić information content (AvgIpc) is 2.79. The Morgan fingerprint density at radius 2 is 1.85 bits per heavy atom. The molecule has 20 heavy (non-hydrogen) atoms. The second-order valence-corrected chi connectivity index (χ2v) is 6.59. The second-order valence-electron chi connectivity index (χ2n) is 4.53. The Morgan fingerprint density at radius 3 is 2.45 bits per heavy atom. The largest absolute Gasteiger partial charge is 0.475 e. The molecular formula is C14H14O5S. The molecule has 0 saturated heterocycles. The maximum Gasteiger partial charge on any atom is 0.371 e. The van der Waals surface area contributed by atoms with Gasteiger partial charge in [-0.05, 0) is 30.2 Å². The van der Waals surface area contributed by atoms with Crippen LogP contribution in [0.5, 0.6) is 0 Å². The molecule has 0 aliphatic carbocycles. The molecule has 5 nitrogen and oxygen atoms in total. The zero-order valence-electron chi connectivity index (χ0n) is 10.9. The van der Waals surface area contributed by atoms with Gasteiger partial charge in [0.1, 0.15) is 11.5 Å². The van der Waals surface area contributed by atoms with E-state index >= 15 is 0 Å². The lowest BCUT2D eigenvalue weighted by atomic mass is 10.1. The Kier molecular flexibility index (Phi) is 3.94. The van der Waals surface area contributed by atoms with Crippen LogP contribution in [0.4, 0.5) is 0 Å². The summed E-state index contributed by atoms with van der Waals surface area (Å²) in [4.78, 5) is 10.7. The molecule has 0 aliphatic rings. The van der Waals surface area contributed by atoms with E-state index in [4.69, 9.17) is 9.52 Å². The number of aryl methyl sites for hydroxylation is 1. The predicted octanol–water partition coefficient (Wildman–Crippen LogP) is 2.40. The molecule has 0 spiro atoms. The first-order valence-electron chi connectivity index (χ1n) is 5.94. The van der Waals surface area contributed by atoms with Crippen molar-refractivity contribution in [1.82, 2.24) is 0 Å². The topological polar surface area (TPSA) is 84.6 Å². The fourth-order valence-electron chi connectivity index (χ4n) is 1.85. The lowest BCUT2D eigenvalue weighted by Crippen LogP contribution is -2.08. The van der Waals surface area contributed by atoms with Crippen LogP contribution in [0.15, 0.2) is 40.8 Å². The minimum absolute atomic E-state index is 0.0945. The number of rotatable bonds is 5. The molecule has 0 atom stereocenters. The Labute approximate surface area is 116 Å². The van der Waals surface area contributed by atoms with E-state index in [-0.39, 0.29) is 23.0 Å². The number of benzene rings is 1. The van der Waals surface area contributed by atoms with Gasteiger partial charge >= 0.3 is 5.97 Å². The highest BCUT2D eigenvalue weighted by Crippen LogP contribution is 2.17. The summed E-state index contributed by atoms with van der Waals surface area (Å²) >= 11 is 0. The number of carboxylic acid groups (broad SMARTS) is 1. The van der Waals surface area contributed by atoms with Gasteiger partial charge in [-0.25, -0.2) is 13.2 Å². The van der Waals surface area contributed by atoms with Gasteiger partial charge in [0.15, 0.2) is 9.84 Å². The monoisotopic (exact) mass is 294 g/mol. The van der Waals surface area contributed by atoms with Crippen LogP contribution in [0.3, 0.4) is 0 Å². The molecule has 1 aromatic heterocycles. The Hall–Kier alpha value is -2.08. The van der Waals surface area contributed by atoms with Gasteiger partial charge in [-0.1, -0.05) is 24.3 Å². The van der Waals surface area contributed by atoms with Crippen molar-refractivity contribution in [3.05, 3.63) is 59.0 Å². The molecule has 0 fully saturated rings. The Morgan fingerprint density at radius 1 is 1.15 bits per heavy atom. The third-order valence-electron chi connectivity index (χ3n) is 2.87. The first-order chi connectivity index (χ1) is 9.37. The molecule has 0 bridgehead atoms. The van der Waals surface area contributed by atoms with Crippen LogP contribution in [0.25, 0.3) is 0 Å². The third kappa shape index (κ3) is 3.48. The first kappa shape index (κ1) is 14.3. The summed E-state index contributed by atoms with van der Waals surface area (Å²) in [5.41, 5.74) is 1.64. The highest BCUT2D eigenvalue weighted by molar-refractivity contribution is 7.89. The standard InChI is InChI=1S/C14H14O5S/c1-10-4-2-3-5-11(10)8-20(17,18)9-12-6-7-13(19-12)14(15)16/h2-7H,8-9H2,1H3,(H,15,16). The van der Waals surface area contributed by atoms with Crippen molar-refractivity contribution < 1.29 is 22.7 Å². The smallest absolute Gasteiger partial charge is 0.371 e. The number of furan rings is 1. The highest BCUT2D eigenvalue weighted by atomic mass is 32.2. The Bertz CT molecular complexity index is 728. The highest BCUT2D eigenvalue weighted by Gasteiger charge is 2.18. The zero-order valence-corrected chi connectivity index (χ0v) is 11.7. The van der Waals surface area contributed by atoms with Crippen molar-refractivity contribution in [1.29, 1.82) is 0 Å². The molecule has 1 N–H and O–H groups in total. The quantitative estimate of drug-likeness (QED) is 0.915. The van der Waals surface area contributed by atoms with Crippen LogP contribution in [0, 0.1) is 6.92 Å². The molecule has 0 saturated carbocycles. The number of hydrogen-bond acceptors (Lipinski definition) is 4. The van der Waals surface area contributed by atoms with Crippen LogP contribution >= 0.6 is 0 Å². The van der Waals surface area contributed by atoms with E-state index in [1.165, 1.54) is 12.1 Å². The van der Waals surface area contributed by atoms with Gasteiger partial charge in [0, 0.05) is 0 Å². The number of carboxylic acids is 1. The third-order valence-corrected chi connectivity index (χ3v) is 4.35. The second kappa shape index (κ2) is 5.50. The van der Waals surface area contributed by atoms with Crippen LogP contribution < -0.4 is 0 Å². The molecule has 106 valence electrons. The van der Waals surface area contributed by atoms with Crippen LogP contribution in [-0.2, 0) is 21.3 Å². The molecule has 2 rings (SSSR count). The van der Waals surface area contributed by atoms with Gasteiger partial charge in [-0.15, -0.1) is 0 Å². The van der Waals surface area contributed by atoms with E-state index in [0.29, 0.717) is 0 Å². The van der Waals surface area contributed by atoms with Crippen molar-refractivity contribution in [3.8, 4) is 0 Å². The fraction of sp³-hybridized carbons (Fsp3) is 0.214. The lowest BCUT2D eigenvalue weighted by molar-refractivity contribution is 0.0660. The van der Waals surface area contributed by atoms with E-state index < -0.39 is 15.8 Å². The average molecular weight is 294 g/mol. The maximum absolute atomic E-state index is 12.1. The van der Waals surface area contributed by atoms with Crippen LogP contribution in [-0.4, -0.2) is 19.5 Å². The van der Waals surface area contributed by atoms with Crippen molar-refractivity contribution in [2.75, 3.05) is 0 Å². The van der Waals surface area contributed by atoms with Crippen molar-refractivity contribution in [2.45, 2.75) is 18.4 Å². The molecule has 2 aromatic rings. The van der Waals surface area contributed by atoms with Crippen molar-refractivity contribution >= 4 is 15.8 Å². The van der Waals surface area contributed by atoms with E-state index in [2.05, 4.69) is 0 Å².